The van der Waals surface area contributed by atoms with Crippen LogP contribution in [0.2, 0.25) is 0 Å². The van der Waals surface area contributed by atoms with Crippen LogP contribution in [0, 0.1) is 0 Å². The van der Waals surface area contributed by atoms with Gasteiger partial charge in [0.1, 0.15) is 0 Å². The topological polar surface area (TPSA) is 38.5 Å². The molecule has 6 heteroatoms. The Labute approximate surface area is 100 Å². The van der Waals surface area contributed by atoms with Gasteiger partial charge in [-0.1, -0.05) is 0 Å². The highest BCUT2D eigenvalue weighted by Crippen LogP contribution is 2.27. The van der Waals surface area contributed by atoms with Crippen LogP contribution in [0.5, 0.6) is 0 Å². The minimum absolute atomic E-state index is 0.0566. The fourth-order valence-corrected chi connectivity index (χ4v) is 2.45. The molecule has 3 nitrogen and oxygen atoms in total. The van der Waals surface area contributed by atoms with Crippen LogP contribution in [-0.4, -0.2) is 50.0 Å². The molecule has 2 atom stereocenters. The van der Waals surface area contributed by atoms with Crippen molar-refractivity contribution >= 4 is 0 Å². The maximum atomic E-state index is 12.4. The van der Waals surface area contributed by atoms with E-state index in [9.17, 15) is 13.2 Å². The Balaban J connectivity index is 2.56. The van der Waals surface area contributed by atoms with Gasteiger partial charge in [-0.05, 0) is 25.7 Å². The summed E-state index contributed by atoms with van der Waals surface area (Å²) in [6.07, 6.45) is -0.739. The summed E-state index contributed by atoms with van der Waals surface area (Å²) in [5, 5.41) is 0. The highest BCUT2D eigenvalue weighted by Gasteiger charge is 2.35. The molecule has 1 saturated carbocycles. The number of alkyl halides is 3. The van der Waals surface area contributed by atoms with Crippen molar-refractivity contribution in [1.82, 2.24) is 4.90 Å². The number of hydrogen-bond donors (Lipinski definition) is 1. The van der Waals surface area contributed by atoms with E-state index in [0.29, 0.717) is 13.0 Å². The van der Waals surface area contributed by atoms with Gasteiger partial charge in [0.2, 0.25) is 0 Å². The lowest BCUT2D eigenvalue weighted by molar-refractivity contribution is -0.153. The monoisotopic (exact) mass is 254 g/mol. The van der Waals surface area contributed by atoms with Gasteiger partial charge >= 0.3 is 6.18 Å². The Bertz CT molecular complexity index is 223. The van der Waals surface area contributed by atoms with Crippen molar-refractivity contribution in [3.8, 4) is 0 Å². The first-order valence-corrected chi connectivity index (χ1v) is 6.00. The smallest absolute Gasteiger partial charge is 0.381 e. The van der Waals surface area contributed by atoms with Gasteiger partial charge in [0.25, 0.3) is 0 Å². The van der Waals surface area contributed by atoms with E-state index in [1.54, 1.807) is 7.11 Å². The molecule has 0 spiro atoms. The molecular formula is C11H21F3N2O. The number of methoxy groups -OCH3 is 1. The van der Waals surface area contributed by atoms with E-state index in [1.807, 2.05) is 0 Å². The molecule has 102 valence electrons. The molecule has 0 saturated heterocycles. The Hall–Kier alpha value is -0.330. The van der Waals surface area contributed by atoms with Gasteiger partial charge < -0.3 is 10.5 Å². The van der Waals surface area contributed by atoms with Crippen LogP contribution in [-0.2, 0) is 4.74 Å². The molecule has 0 aromatic rings. The summed E-state index contributed by atoms with van der Waals surface area (Å²) in [4.78, 5) is 1.45. The predicted octanol–water partition coefficient (Wildman–Crippen LogP) is 1.77. The van der Waals surface area contributed by atoms with Crippen molar-refractivity contribution < 1.29 is 17.9 Å². The summed E-state index contributed by atoms with van der Waals surface area (Å²) < 4.78 is 42.6. The van der Waals surface area contributed by atoms with Gasteiger partial charge in [-0.25, -0.2) is 0 Å². The predicted molar refractivity (Wildman–Crippen MR) is 59.7 cm³/mol. The van der Waals surface area contributed by atoms with Crippen molar-refractivity contribution in [2.45, 2.75) is 44.0 Å². The summed E-state index contributed by atoms with van der Waals surface area (Å²) in [5.41, 5.74) is 5.38. The van der Waals surface area contributed by atoms with E-state index in [-0.39, 0.29) is 18.7 Å². The van der Waals surface area contributed by atoms with Crippen LogP contribution >= 0.6 is 0 Å². The van der Waals surface area contributed by atoms with Crippen LogP contribution in [0.1, 0.15) is 25.7 Å². The first kappa shape index (κ1) is 14.7. The first-order chi connectivity index (χ1) is 7.96. The molecule has 0 aliphatic heterocycles. The number of nitrogens with two attached hydrogens (primary N) is 1. The highest BCUT2D eigenvalue weighted by atomic mass is 19.4. The third-order valence-corrected chi connectivity index (χ3v) is 3.25. The number of nitrogens with zero attached hydrogens (tertiary/aromatic N) is 1. The van der Waals surface area contributed by atoms with Crippen LogP contribution < -0.4 is 5.73 Å². The summed E-state index contributed by atoms with van der Waals surface area (Å²) >= 11 is 0. The van der Waals surface area contributed by atoms with Crippen molar-refractivity contribution in [3.63, 3.8) is 0 Å². The average Bonchev–Trinajstić information content (AvgIpc) is 2.27. The standard InChI is InChI=1S/C11H21F3N2O/c1-17-10-4-2-3-9(7-10)16(6-5-15)8-11(12,13)14/h9-10H,2-8,15H2,1H3. The van der Waals surface area contributed by atoms with Crippen molar-refractivity contribution in [2.75, 3.05) is 26.7 Å². The van der Waals surface area contributed by atoms with Crippen LogP contribution in [0.25, 0.3) is 0 Å². The minimum atomic E-state index is -4.16. The quantitative estimate of drug-likeness (QED) is 0.812. The number of hydrogen-bond acceptors (Lipinski definition) is 3. The highest BCUT2D eigenvalue weighted by molar-refractivity contribution is 4.82. The minimum Gasteiger partial charge on any atom is -0.381 e. The zero-order valence-corrected chi connectivity index (χ0v) is 10.2. The molecule has 0 aromatic carbocycles. The Kier molecular flexibility index (Phi) is 5.69. The van der Waals surface area contributed by atoms with Crippen LogP contribution in [0.4, 0.5) is 13.2 Å². The first-order valence-electron chi connectivity index (χ1n) is 6.00. The summed E-state index contributed by atoms with van der Waals surface area (Å²) in [6.45, 7) is -0.323. The summed E-state index contributed by atoms with van der Waals surface area (Å²) in [6, 6.07) is -0.0566. The van der Waals surface area contributed by atoms with Gasteiger partial charge in [0, 0.05) is 26.2 Å². The lowest BCUT2D eigenvalue weighted by Gasteiger charge is -2.37. The van der Waals surface area contributed by atoms with Crippen molar-refractivity contribution in [2.24, 2.45) is 5.73 Å². The molecule has 2 N–H and O–H groups in total. The van der Waals surface area contributed by atoms with E-state index in [0.717, 1.165) is 19.3 Å². The molecule has 1 aliphatic carbocycles. The lowest BCUT2D eigenvalue weighted by Crippen LogP contribution is -2.47. The fourth-order valence-electron chi connectivity index (χ4n) is 2.45. The maximum absolute atomic E-state index is 12.4. The van der Waals surface area contributed by atoms with Crippen LogP contribution in [0.15, 0.2) is 0 Å². The molecule has 2 unspecified atom stereocenters. The molecular weight excluding hydrogens is 233 g/mol. The number of rotatable bonds is 5. The zero-order valence-electron chi connectivity index (χ0n) is 10.2. The molecule has 1 rings (SSSR count). The van der Waals surface area contributed by atoms with Crippen LogP contribution in [0.3, 0.4) is 0 Å². The number of ether oxygens (including phenoxy) is 1. The largest absolute Gasteiger partial charge is 0.401 e. The molecule has 0 radical (unpaired) electrons. The molecule has 0 amide bonds. The normalized spacial score (nSPS) is 26.5. The fraction of sp³-hybridized carbons (Fsp3) is 1.00. The third kappa shape index (κ3) is 5.23. The van der Waals surface area contributed by atoms with Gasteiger partial charge in [0.15, 0.2) is 0 Å². The molecule has 0 heterocycles. The van der Waals surface area contributed by atoms with Gasteiger partial charge in [-0.15, -0.1) is 0 Å². The second-order valence-electron chi connectivity index (χ2n) is 4.55. The van der Waals surface area contributed by atoms with E-state index < -0.39 is 12.7 Å². The van der Waals surface area contributed by atoms with Crippen molar-refractivity contribution in [3.05, 3.63) is 0 Å². The van der Waals surface area contributed by atoms with Gasteiger partial charge in [0.05, 0.1) is 12.6 Å². The Morgan fingerprint density at radius 2 is 2.06 bits per heavy atom. The third-order valence-electron chi connectivity index (χ3n) is 3.25. The lowest BCUT2D eigenvalue weighted by atomic mass is 9.91. The maximum Gasteiger partial charge on any atom is 0.401 e. The molecule has 1 aliphatic rings. The van der Waals surface area contributed by atoms with E-state index in [4.69, 9.17) is 10.5 Å². The van der Waals surface area contributed by atoms with E-state index in [2.05, 4.69) is 0 Å². The second kappa shape index (κ2) is 6.56. The second-order valence-corrected chi connectivity index (χ2v) is 4.55. The summed E-state index contributed by atoms with van der Waals surface area (Å²) in [7, 11) is 1.62. The molecule has 0 bridgehead atoms. The molecule has 0 aromatic heterocycles. The van der Waals surface area contributed by atoms with E-state index in [1.165, 1.54) is 4.90 Å². The van der Waals surface area contributed by atoms with E-state index >= 15 is 0 Å². The van der Waals surface area contributed by atoms with Gasteiger partial charge in [-0.2, -0.15) is 13.2 Å². The van der Waals surface area contributed by atoms with Crippen molar-refractivity contribution in [1.29, 1.82) is 0 Å². The summed E-state index contributed by atoms with van der Waals surface area (Å²) in [5.74, 6) is 0. The zero-order chi connectivity index (χ0) is 12.9. The molecule has 1 fully saturated rings. The SMILES string of the molecule is COC1CCCC(N(CCN)CC(F)(F)F)C1. The Morgan fingerprint density at radius 1 is 1.35 bits per heavy atom. The van der Waals surface area contributed by atoms with Gasteiger partial charge in [-0.3, -0.25) is 4.90 Å². The Morgan fingerprint density at radius 3 is 2.59 bits per heavy atom. The average molecular weight is 254 g/mol. The number of halogens is 3. The molecule has 17 heavy (non-hydrogen) atoms.